The van der Waals surface area contributed by atoms with Crippen LogP contribution in [0.25, 0.3) is 11.0 Å². The number of piperazine rings is 1. The smallest absolute Gasteiger partial charge is 0.407 e. The number of nitrogens with zero attached hydrogens (tertiary/aromatic N) is 5. The first-order chi connectivity index (χ1) is 13.3. The minimum atomic E-state index is -0.888. The molecule has 2 N–H and O–H groups in total. The van der Waals surface area contributed by atoms with Crippen LogP contribution in [0.4, 0.5) is 20.7 Å². The molecule has 2 aliphatic heterocycles. The molecular weight excluding hydrogens is 363 g/mol. The van der Waals surface area contributed by atoms with Crippen LogP contribution in [0, 0.1) is 5.41 Å². The Labute approximate surface area is 163 Å². The molecule has 0 aliphatic carbocycles. The van der Waals surface area contributed by atoms with Crippen molar-refractivity contribution in [2.24, 2.45) is 5.41 Å². The van der Waals surface area contributed by atoms with Gasteiger partial charge < -0.3 is 24.8 Å². The summed E-state index contributed by atoms with van der Waals surface area (Å²) in [7, 11) is 0. The Hall–Kier alpha value is -2.58. The van der Waals surface area contributed by atoms with Crippen molar-refractivity contribution in [1.29, 1.82) is 0 Å². The highest BCUT2D eigenvalue weighted by Gasteiger charge is 2.39. The Morgan fingerprint density at radius 1 is 1.21 bits per heavy atom. The molecule has 4 heterocycles. The largest absolute Gasteiger partial charge is 0.465 e. The highest BCUT2D eigenvalue weighted by Crippen LogP contribution is 2.37. The lowest BCUT2D eigenvalue weighted by Gasteiger charge is -2.46. The average molecular weight is 390 g/mol. The second kappa shape index (κ2) is 6.79. The Morgan fingerprint density at radius 2 is 2.00 bits per heavy atom. The van der Waals surface area contributed by atoms with Crippen LogP contribution >= 0.6 is 0 Å². The molecule has 4 rings (SSSR count). The molecule has 2 aliphatic rings. The predicted octanol–water partition coefficient (Wildman–Crippen LogP) is 2.72. The molecule has 0 spiro atoms. The van der Waals surface area contributed by atoms with Crippen LogP contribution in [0.15, 0.2) is 12.5 Å². The molecule has 0 saturated carbocycles. The number of rotatable bonds is 2. The van der Waals surface area contributed by atoms with Gasteiger partial charge in [0.1, 0.15) is 24.0 Å². The topological polar surface area (TPSA) is 88.6 Å². The molecule has 1 amide bonds. The third-order valence-electron chi connectivity index (χ3n) is 5.83. The monoisotopic (exact) mass is 390 g/mol. The summed E-state index contributed by atoms with van der Waals surface area (Å²) in [5.74, 6) is 0.780. The third-order valence-corrected chi connectivity index (χ3v) is 5.83. The number of amides is 1. The van der Waals surface area contributed by atoms with Gasteiger partial charge in [-0.1, -0.05) is 20.8 Å². The number of hydrogen-bond donors (Lipinski definition) is 2. The van der Waals surface area contributed by atoms with Crippen LogP contribution in [0.2, 0.25) is 0 Å². The maximum Gasteiger partial charge on any atom is 0.407 e. The first kappa shape index (κ1) is 18.8. The molecule has 2 fully saturated rings. The van der Waals surface area contributed by atoms with Crippen LogP contribution in [0.1, 0.15) is 27.2 Å². The van der Waals surface area contributed by atoms with Gasteiger partial charge in [0.25, 0.3) is 0 Å². The quantitative estimate of drug-likeness (QED) is 0.820. The van der Waals surface area contributed by atoms with E-state index in [4.69, 9.17) is 0 Å². The van der Waals surface area contributed by atoms with Crippen molar-refractivity contribution in [3.63, 3.8) is 0 Å². The average Bonchev–Trinajstić information content (AvgIpc) is 3.26. The second-order valence-electron chi connectivity index (χ2n) is 8.73. The fourth-order valence-electron chi connectivity index (χ4n) is 4.30. The first-order valence-electron chi connectivity index (χ1n) is 9.71. The van der Waals surface area contributed by atoms with Crippen molar-refractivity contribution in [2.75, 3.05) is 42.5 Å². The van der Waals surface area contributed by atoms with Crippen LogP contribution in [-0.4, -0.2) is 76.0 Å². The van der Waals surface area contributed by atoms with Gasteiger partial charge in [0.2, 0.25) is 0 Å². The molecule has 2 unspecified atom stereocenters. The summed E-state index contributed by atoms with van der Waals surface area (Å²) >= 11 is 0. The van der Waals surface area contributed by atoms with Gasteiger partial charge in [-0.15, -0.1) is 0 Å². The molecule has 9 heteroatoms. The molecule has 2 atom stereocenters. The van der Waals surface area contributed by atoms with E-state index < -0.39 is 12.3 Å². The molecule has 2 aromatic heterocycles. The molecular formula is C19H27FN6O2. The van der Waals surface area contributed by atoms with E-state index in [0.29, 0.717) is 39.1 Å². The molecule has 152 valence electrons. The van der Waals surface area contributed by atoms with E-state index in [0.717, 1.165) is 22.5 Å². The number of nitrogens with one attached hydrogen (secondary N) is 1. The van der Waals surface area contributed by atoms with Crippen molar-refractivity contribution in [2.45, 2.75) is 39.4 Å². The predicted molar refractivity (Wildman–Crippen MR) is 106 cm³/mol. The molecule has 0 bridgehead atoms. The number of carboxylic acid groups (broad SMARTS) is 1. The molecule has 0 radical (unpaired) electrons. The highest BCUT2D eigenvalue weighted by molar-refractivity contribution is 5.99. The minimum Gasteiger partial charge on any atom is -0.465 e. The Bertz CT molecular complexity index is 879. The maximum absolute atomic E-state index is 13.8. The fraction of sp³-hybridized carbons (Fsp3) is 0.632. The van der Waals surface area contributed by atoms with Crippen LogP contribution in [0.3, 0.4) is 0 Å². The summed E-state index contributed by atoms with van der Waals surface area (Å²) in [4.78, 5) is 29.5. The van der Waals surface area contributed by atoms with Gasteiger partial charge in [-0.05, 0) is 11.8 Å². The van der Waals surface area contributed by atoms with Gasteiger partial charge >= 0.3 is 6.09 Å². The SMILES string of the molecule is CC(C)(C)C1CN(c2ncnc3[nH]cc(N4CCC(F)C4)c23)CCN1C(=O)O. The number of aromatic nitrogens is 3. The zero-order chi connectivity index (χ0) is 20.1. The number of alkyl halides is 1. The van der Waals surface area contributed by atoms with Gasteiger partial charge in [-0.3, -0.25) is 0 Å². The number of carbonyl (C=O) groups is 1. The number of aromatic amines is 1. The summed E-state index contributed by atoms with van der Waals surface area (Å²) in [6, 6.07) is -0.159. The van der Waals surface area contributed by atoms with E-state index in [-0.39, 0.29) is 11.5 Å². The van der Waals surface area contributed by atoms with Gasteiger partial charge in [0.15, 0.2) is 0 Å². The van der Waals surface area contributed by atoms with E-state index in [9.17, 15) is 14.3 Å². The van der Waals surface area contributed by atoms with Crippen molar-refractivity contribution in [3.8, 4) is 0 Å². The van der Waals surface area contributed by atoms with Crippen molar-refractivity contribution >= 4 is 28.6 Å². The Balaban J connectivity index is 1.71. The van der Waals surface area contributed by atoms with Crippen LogP contribution < -0.4 is 9.80 Å². The summed E-state index contributed by atoms with van der Waals surface area (Å²) < 4.78 is 13.8. The highest BCUT2D eigenvalue weighted by atomic mass is 19.1. The van der Waals surface area contributed by atoms with Gasteiger partial charge in [-0.25, -0.2) is 19.2 Å². The molecule has 2 saturated heterocycles. The van der Waals surface area contributed by atoms with E-state index in [2.05, 4.69) is 40.6 Å². The molecule has 8 nitrogen and oxygen atoms in total. The third kappa shape index (κ3) is 3.22. The minimum absolute atomic E-state index is 0.159. The summed E-state index contributed by atoms with van der Waals surface area (Å²) in [5, 5.41) is 10.5. The zero-order valence-corrected chi connectivity index (χ0v) is 16.5. The number of H-pyrrole nitrogens is 1. The lowest BCUT2D eigenvalue weighted by Crippen LogP contribution is -2.59. The van der Waals surface area contributed by atoms with E-state index in [1.54, 1.807) is 0 Å². The van der Waals surface area contributed by atoms with Gasteiger partial charge in [0, 0.05) is 38.9 Å². The van der Waals surface area contributed by atoms with Crippen molar-refractivity contribution in [1.82, 2.24) is 19.9 Å². The summed E-state index contributed by atoms with van der Waals surface area (Å²) in [5.41, 5.74) is 1.43. The first-order valence-corrected chi connectivity index (χ1v) is 9.71. The standard InChI is InChI=1S/C19H27FN6O2/c1-19(2,3)14-10-25(6-7-26(14)18(27)28)17-15-13(24-5-4-12(20)9-24)8-21-16(15)22-11-23-17/h8,11-12,14H,4-7,9-10H2,1-3H3,(H,27,28)(H,21,22,23). The van der Waals surface area contributed by atoms with Crippen LogP contribution in [-0.2, 0) is 0 Å². The van der Waals surface area contributed by atoms with E-state index >= 15 is 0 Å². The maximum atomic E-state index is 13.8. The Morgan fingerprint density at radius 3 is 2.64 bits per heavy atom. The molecule has 28 heavy (non-hydrogen) atoms. The summed E-state index contributed by atoms with van der Waals surface area (Å²) in [6.07, 6.45) is 2.22. The molecule has 0 aromatic carbocycles. The number of hydrogen-bond acceptors (Lipinski definition) is 5. The summed E-state index contributed by atoms with van der Waals surface area (Å²) in [6.45, 7) is 8.73. The van der Waals surface area contributed by atoms with Crippen molar-refractivity contribution in [3.05, 3.63) is 12.5 Å². The van der Waals surface area contributed by atoms with Crippen LogP contribution in [0.5, 0.6) is 0 Å². The Kier molecular flexibility index (Phi) is 4.55. The van der Waals surface area contributed by atoms with Crippen molar-refractivity contribution < 1.29 is 14.3 Å². The zero-order valence-electron chi connectivity index (χ0n) is 16.5. The normalized spacial score (nSPS) is 23.6. The van der Waals surface area contributed by atoms with Gasteiger partial charge in [0.05, 0.1) is 17.1 Å². The lowest BCUT2D eigenvalue weighted by atomic mass is 9.84. The van der Waals surface area contributed by atoms with E-state index in [1.807, 2.05) is 11.1 Å². The van der Waals surface area contributed by atoms with E-state index in [1.165, 1.54) is 11.2 Å². The number of fused-ring (bicyclic) bond motifs is 1. The number of halogens is 1. The lowest BCUT2D eigenvalue weighted by molar-refractivity contribution is 0.0747. The second-order valence-corrected chi connectivity index (χ2v) is 8.73. The number of anilines is 2. The fourth-order valence-corrected chi connectivity index (χ4v) is 4.30. The molecule has 2 aromatic rings. The van der Waals surface area contributed by atoms with Gasteiger partial charge in [-0.2, -0.15) is 0 Å².